The second-order valence-corrected chi connectivity index (χ2v) is 7.80. The van der Waals surface area contributed by atoms with E-state index < -0.39 is 0 Å². The molecule has 0 atom stereocenters. The summed E-state index contributed by atoms with van der Waals surface area (Å²) >= 11 is 2.95. The maximum Gasteiger partial charge on any atom is 0.325 e. The van der Waals surface area contributed by atoms with Gasteiger partial charge < -0.3 is 19.2 Å². The number of oxazole rings is 1. The average molecular weight is 404 g/mol. The van der Waals surface area contributed by atoms with Crippen molar-refractivity contribution in [2.45, 2.75) is 23.3 Å². The summed E-state index contributed by atoms with van der Waals surface area (Å²) < 4.78 is 17.1. The van der Waals surface area contributed by atoms with Crippen LogP contribution in [-0.4, -0.2) is 22.8 Å². The average Bonchev–Trinajstić information content (AvgIpc) is 3.40. The summed E-state index contributed by atoms with van der Waals surface area (Å²) in [6.45, 7) is 2.21. The number of anilines is 2. The Kier molecular flexibility index (Phi) is 5.16. The third-order valence-corrected chi connectivity index (χ3v) is 5.72. The molecule has 2 aromatic heterocycles. The first kappa shape index (κ1) is 17.7. The predicted molar refractivity (Wildman–Crippen MR) is 103 cm³/mol. The molecule has 0 fully saturated rings. The highest BCUT2D eigenvalue weighted by molar-refractivity contribution is 8.00. The molecule has 0 bridgehead atoms. The fourth-order valence-corrected chi connectivity index (χ4v) is 4.05. The number of hydrogen-bond acceptors (Lipinski definition) is 8. The number of urea groups is 1. The number of thiazole rings is 1. The van der Waals surface area contributed by atoms with Gasteiger partial charge in [0.25, 0.3) is 0 Å². The summed E-state index contributed by atoms with van der Waals surface area (Å²) in [4.78, 5) is 20.6. The summed E-state index contributed by atoms with van der Waals surface area (Å²) in [5.74, 6) is 3.45. The van der Waals surface area contributed by atoms with Gasteiger partial charge in [-0.1, -0.05) is 18.3 Å². The highest BCUT2D eigenvalue weighted by atomic mass is 32.2. The number of rotatable bonds is 6. The predicted octanol–water partition coefficient (Wildman–Crippen LogP) is 4.36. The van der Waals surface area contributed by atoms with Gasteiger partial charge in [0.15, 0.2) is 16.6 Å². The van der Waals surface area contributed by atoms with Gasteiger partial charge in [-0.3, -0.25) is 5.32 Å². The lowest BCUT2D eigenvalue weighted by molar-refractivity contribution is 0.174. The number of nitrogens with one attached hydrogen (secondary N) is 2. The second-order valence-electron chi connectivity index (χ2n) is 5.49. The lowest BCUT2D eigenvalue weighted by Gasteiger charge is -2.06. The van der Waals surface area contributed by atoms with Crippen molar-refractivity contribution >= 4 is 39.9 Å². The van der Waals surface area contributed by atoms with Crippen LogP contribution in [0.2, 0.25) is 0 Å². The van der Waals surface area contributed by atoms with E-state index in [2.05, 4.69) is 20.6 Å². The summed E-state index contributed by atoms with van der Waals surface area (Å²) in [5.41, 5.74) is 0.610. The molecule has 1 aromatic carbocycles. The van der Waals surface area contributed by atoms with Crippen molar-refractivity contribution in [3.63, 3.8) is 0 Å². The minimum absolute atomic E-state index is 0.192. The molecule has 2 N–H and O–H groups in total. The Labute approximate surface area is 163 Å². The van der Waals surface area contributed by atoms with Crippen molar-refractivity contribution in [1.82, 2.24) is 9.97 Å². The fraction of sp³-hybridized carbons (Fsp3) is 0.235. The van der Waals surface area contributed by atoms with E-state index in [9.17, 15) is 4.79 Å². The summed E-state index contributed by atoms with van der Waals surface area (Å²) in [5, 5.41) is 5.98. The molecule has 3 aromatic rings. The minimum Gasteiger partial charge on any atom is -0.454 e. The van der Waals surface area contributed by atoms with Crippen LogP contribution in [0.15, 0.2) is 39.2 Å². The molecule has 10 heteroatoms. The van der Waals surface area contributed by atoms with Gasteiger partial charge in [0.05, 0.1) is 22.4 Å². The van der Waals surface area contributed by atoms with Crippen LogP contribution < -0.4 is 20.1 Å². The molecule has 1 aliphatic heterocycles. The number of ether oxygens (including phenoxy) is 2. The van der Waals surface area contributed by atoms with Gasteiger partial charge in [0.2, 0.25) is 12.7 Å². The number of nitrogens with zero attached hydrogens (tertiary/aromatic N) is 2. The molecule has 27 heavy (non-hydrogen) atoms. The Hall–Kier alpha value is -2.72. The Balaban J connectivity index is 1.30. The van der Waals surface area contributed by atoms with Crippen LogP contribution in [0.3, 0.4) is 0 Å². The van der Waals surface area contributed by atoms with E-state index in [1.165, 1.54) is 11.3 Å². The van der Waals surface area contributed by atoms with Gasteiger partial charge in [-0.2, -0.15) is 0 Å². The molecule has 2 amide bonds. The van der Waals surface area contributed by atoms with Crippen LogP contribution in [0.1, 0.15) is 18.6 Å². The molecule has 0 spiro atoms. The largest absolute Gasteiger partial charge is 0.454 e. The molecule has 140 valence electrons. The van der Waals surface area contributed by atoms with Crippen LogP contribution in [0.5, 0.6) is 11.5 Å². The maximum absolute atomic E-state index is 12.1. The number of hydrogen-bond donors (Lipinski definition) is 2. The number of amides is 2. The highest BCUT2D eigenvalue weighted by Gasteiger charge is 2.15. The Bertz CT molecular complexity index is 956. The van der Waals surface area contributed by atoms with Gasteiger partial charge in [0.1, 0.15) is 5.76 Å². The molecule has 8 nitrogen and oxygen atoms in total. The summed E-state index contributed by atoms with van der Waals surface area (Å²) in [6, 6.07) is 4.84. The zero-order valence-electron chi connectivity index (χ0n) is 14.4. The van der Waals surface area contributed by atoms with Crippen molar-refractivity contribution in [3.8, 4) is 11.5 Å². The maximum atomic E-state index is 12.1. The number of aryl methyl sites for hydroxylation is 1. The molecule has 0 unspecified atom stereocenters. The van der Waals surface area contributed by atoms with Crippen molar-refractivity contribution in [2.75, 3.05) is 17.4 Å². The number of carbonyl (C=O) groups excluding carboxylic acids is 1. The van der Waals surface area contributed by atoms with E-state index in [0.29, 0.717) is 34.0 Å². The van der Waals surface area contributed by atoms with Crippen molar-refractivity contribution in [3.05, 3.63) is 42.2 Å². The minimum atomic E-state index is -0.375. The number of carbonyl (C=O) groups is 1. The number of aromatic nitrogens is 2. The second kappa shape index (κ2) is 7.89. The van der Waals surface area contributed by atoms with Crippen molar-refractivity contribution in [2.24, 2.45) is 0 Å². The van der Waals surface area contributed by atoms with Crippen molar-refractivity contribution < 1.29 is 18.7 Å². The lowest BCUT2D eigenvalue weighted by Crippen LogP contribution is -2.19. The Morgan fingerprint density at radius 1 is 1.22 bits per heavy atom. The quantitative estimate of drug-likeness (QED) is 0.589. The topological polar surface area (TPSA) is 98.5 Å². The molecular formula is C17H16N4O4S2. The smallest absolute Gasteiger partial charge is 0.325 e. The van der Waals surface area contributed by atoms with Gasteiger partial charge in [-0.15, -0.1) is 11.8 Å². The normalized spacial score (nSPS) is 12.2. The molecule has 4 rings (SSSR count). The molecule has 0 radical (unpaired) electrons. The van der Waals surface area contributed by atoms with Crippen LogP contribution in [0.25, 0.3) is 0 Å². The molecular weight excluding hydrogens is 388 g/mol. The summed E-state index contributed by atoms with van der Waals surface area (Å²) in [6.07, 6.45) is 4.29. The SMILES string of the molecule is CCc1cnc(CSc2cnc(NC(=O)Nc3ccc4c(c3)OCO4)s2)o1. The number of fused-ring (bicyclic) bond motifs is 1. The molecule has 1 aliphatic rings. The lowest BCUT2D eigenvalue weighted by atomic mass is 10.3. The monoisotopic (exact) mass is 404 g/mol. The first-order valence-electron chi connectivity index (χ1n) is 8.19. The van der Waals surface area contributed by atoms with Crippen LogP contribution in [0.4, 0.5) is 15.6 Å². The van der Waals surface area contributed by atoms with Gasteiger partial charge in [-0.05, 0) is 12.1 Å². The molecule has 0 saturated carbocycles. The van der Waals surface area contributed by atoms with E-state index in [1.54, 1.807) is 42.4 Å². The van der Waals surface area contributed by atoms with E-state index >= 15 is 0 Å². The Morgan fingerprint density at radius 3 is 2.96 bits per heavy atom. The molecule has 0 saturated heterocycles. The zero-order valence-corrected chi connectivity index (χ0v) is 16.0. The fourth-order valence-electron chi connectivity index (χ4n) is 2.33. The first-order chi connectivity index (χ1) is 13.2. The Morgan fingerprint density at radius 2 is 2.11 bits per heavy atom. The molecule has 3 heterocycles. The van der Waals surface area contributed by atoms with Crippen LogP contribution in [0, 0.1) is 0 Å². The van der Waals surface area contributed by atoms with E-state index in [-0.39, 0.29) is 12.8 Å². The highest BCUT2D eigenvalue weighted by Crippen LogP contribution is 2.34. The van der Waals surface area contributed by atoms with Crippen LogP contribution in [-0.2, 0) is 12.2 Å². The van der Waals surface area contributed by atoms with Crippen molar-refractivity contribution in [1.29, 1.82) is 0 Å². The van der Waals surface area contributed by atoms with Gasteiger partial charge in [-0.25, -0.2) is 14.8 Å². The van der Waals surface area contributed by atoms with Gasteiger partial charge in [0, 0.05) is 18.2 Å². The first-order valence-corrected chi connectivity index (χ1v) is 9.99. The van der Waals surface area contributed by atoms with Crippen LogP contribution >= 0.6 is 23.1 Å². The number of benzene rings is 1. The molecule has 0 aliphatic carbocycles. The number of thioether (sulfide) groups is 1. The van der Waals surface area contributed by atoms with Gasteiger partial charge >= 0.3 is 6.03 Å². The third kappa shape index (κ3) is 4.34. The van der Waals surface area contributed by atoms with E-state index in [1.807, 2.05) is 6.92 Å². The third-order valence-electron chi connectivity index (χ3n) is 3.62. The zero-order chi connectivity index (χ0) is 18.6. The summed E-state index contributed by atoms with van der Waals surface area (Å²) in [7, 11) is 0. The van der Waals surface area contributed by atoms with E-state index in [4.69, 9.17) is 13.9 Å². The standard InChI is InChI=1S/C17H16N4O4S2/c1-2-11-6-18-14(25-11)8-26-15-7-19-17(27-15)21-16(22)20-10-3-4-12-13(5-10)24-9-23-12/h3-7H,2,8-9H2,1H3,(H2,19,20,21,22). The van der Waals surface area contributed by atoms with E-state index in [0.717, 1.165) is 16.4 Å².